The number of nitrogens with zero attached hydrogens (tertiary/aromatic N) is 2. The molecule has 1 aromatic rings. The maximum absolute atomic E-state index is 12.5. The van der Waals surface area contributed by atoms with Crippen molar-refractivity contribution in [3.63, 3.8) is 0 Å². The smallest absolute Gasteiger partial charge is 0.310 e. The van der Waals surface area contributed by atoms with E-state index in [1.807, 2.05) is 13.8 Å². The topological polar surface area (TPSA) is 59.5 Å². The summed E-state index contributed by atoms with van der Waals surface area (Å²) < 4.78 is 4.72. The van der Waals surface area contributed by atoms with Crippen molar-refractivity contribution < 1.29 is 14.3 Å². The van der Waals surface area contributed by atoms with Crippen molar-refractivity contribution in [3.8, 4) is 0 Å². The SMILES string of the molecule is COC(=O)C(C)CN(CC(C)C)C(=O)c1ccncc1. The first-order valence-corrected chi connectivity index (χ1v) is 6.72. The quantitative estimate of drug-likeness (QED) is 0.747. The fraction of sp³-hybridized carbons (Fsp3) is 0.533. The molecule has 5 heteroatoms. The molecule has 1 rings (SSSR count). The van der Waals surface area contributed by atoms with E-state index in [0.717, 1.165) is 0 Å². The Bertz CT molecular complexity index is 446. The van der Waals surface area contributed by atoms with Gasteiger partial charge >= 0.3 is 5.97 Å². The molecule has 0 fully saturated rings. The molecule has 0 saturated heterocycles. The Morgan fingerprint density at radius 3 is 2.30 bits per heavy atom. The van der Waals surface area contributed by atoms with Gasteiger partial charge in [0.25, 0.3) is 5.91 Å². The second-order valence-electron chi connectivity index (χ2n) is 5.26. The molecule has 110 valence electrons. The van der Waals surface area contributed by atoms with Crippen LogP contribution in [0.5, 0.6) is 0 Å². The van der Waals surface area contributed by atoms with Crippen LogP contribution in [0.25, 0.3) is 0 Å². The fourth-order valence-electron chi connectivity index (χ4n) is 1.96. The molecule has 1 unspecified atom stereocenters. The third-order valence-corrected chi connectivity index (χ3v) is 2.90. The van der Waals surface area contributed by atoms with Crippen molar-refractivity contribution >= 4 is 11.9 Å². The fourth-order valence-corrected chi connectivity index (χ4v) is 1.96. The van der Waals surface area contributed by atoms with E-state index in [1.54, 1.807) is 36.4 Å². The van der Waals surface area contributed by atoms with Gasteiger partial charge in [0.1, 0.15) is 0 Å². The van der Waals surface area contributed by atoms with Crippen molar-refractivity contribution in [2.24, 2.45) is 11.8 Å². The molecule has 1 heterocycles. The second kappa shape index (κ2) is 7.62. The number of carbonyl (C=O) groups excluding carboxylic acids is 2. The zero-order chi connectivity index (χ0) is 15.1. The number of amides is 1. The highest BCUT2D eigenvalue weighted by Crippen LogP contribution is 2.11. The van der Waals surface area contributed by atoms with Crippen LogP contribution in [0.4, 0.5) is 0 Å². The number of methoxy groups -OCH3 is 1. The van der Waals surface area contributed by atoms with Gasteiger partial charge in [-0.15, -0.1) is 0 Å². The monoisotopic (exact) mass is 278 g/mol. The molecule has 0 bridgehead atoms. The van der Waals surface area contributed by atoms with Gasteiger partial charge in [-0.3, -0.25) is 14.6 Å². The molecule has 0 saturated carbocycles. The highest BCUT2D eigenvalue weighted by molar-refractivity contribution is 5.94. The lowest BCUT2D eigenvalue weighted by Gasteiger charge is -2.26. The average Bonchev–Trinajstić information content (AvgIpc) is 2.45. The summed E-state index contributed by atoms with van der Waals surface area (Å²) >= 11 is 0. The minimum absolute atomic E-state index is 0.0862. The van der Waals surface area contributed by atoms with Gasteiger partial charge in [-0.2, -0.15) is 0 Å². The lowest BCUT2D eigenvalue weighted by atomic mass is 10.1. The maximum Gasteiger partial charge on any atom is 0.310 e. The summed E-state index contributed by atoms with van der Waals surface area (Å²) in [6.07, 6.45) is 3.18. The van der Waals surface area contributed by atoms with Crippen LogP contribution in [0, 0.1) is 11.8 Å². The molecule has 0 aliphatic carbocycles. The highest BCUT2D eigenvalue weighted by atomic mass is 16.5. The molecular formula is C15H22N2O3. The molecule has 1 atom stereocenters. The van der Waals surface area contributed by atoms with Crippen LogP contribution in [-0.4, -0.2) is 42.0 Å². The first kappa shape index (κ1) is 16.1. The van der Waals surface area contributed by atoms with Crippen LogP contribution in [0.3, 0.4) is 0 Å². The lowest BCUT2D eigenvalue weighted by molar-refractivity contribution is -0.145. The predicted octanol–water partition coefficient (Wildman–Crippen LogP) is 1.99. The Morgan fingerprint density at radius 2 is 1.80 bits per heavy atom. The van der Waals surface area contributed by atoms with Crippen LogP contribution in [0.1, 0.15) is 31.1 Å². The number of ether oxygens (including phenoxy) is 1. The summed E-state index contributed by atoms with van der Waals surface area (Å²) in [5, 5.41) is 0. The summed E-state index contributed by atoms with van der Waals surface area (Å²) in [6, 6.07) is 3.36. The molecule has 0 aliphatic heterocycles. The number of hydrogen-bond acceptors (Lipinski definition) is 4. The van der Waals surface area contributed by atoms with Gasteiger partial charge in [0, 0.05) is 31.0 Å². The largest absolute Gasteiger partial charge is 0.469 e. The van der Waals surface area contributed by atoms with Gasteiger partial charge in [0.2, 0.25) is 0 Å². The van der Waals surface area contributed by atoms with Crippen LogP contribution >= 0.6 is 0 Å². The van der Waals surface area contributed by atoms with Gasteiger partial charge in [0.15, 0.2) is 0 Å². The molecule has 1 aromatic heterocycles. The number of rotatable bonds is 6. The molecule has 0 spiro atoms. The normalized spacial score (nSPS) is 12.1. The van der Waals surface area contributed by atoms with Crippen LogP contribution < -0.4 is 0 Å². The Morgan fingerprint density at radius 1 is 1.20 bits per heavy atom. The standard InChI is InChI=1S/C15H22N2O3/c1-11(2)9-17(10-12(3)15(19)20-4)14(18)13-5-7-16-8-6-13/h5-8,11-12H,9-10H2,1-4H3. The third-order valence-electron chi connectivity index (χ3n) is 2.90. The maximum atomic E-state index is 12.5. The van der Waals surface area contributed by atoms with E-state index in [9.17, 15) is 9.59 Å². The molecule has 5 nitrogen and oxygen atoms in total. The zero-order valence-corrected chi connectivity index (χ0v) is 12.5. The lowest BCUT2D eigenvalue weighted by Crippen LogP contribution is -2.39. The van der Waals surface area contributed by atoms with E-state index in [0.29, 0.717) is 24.6 Å². The van der Waals surface area contributed by atoms with Crippen LogP contribution in [0.15, 0.2) is 24.5 Å². The van der Waals surface area contributed by atoms with Crippen molar-refractivity contribution in [1.29, 1.82) is 0 Å². The summed E-state index contributed by atoms with van der Waals surface area (Å²) in [5.41, 5.74) is 0.581. The number of carbonyl (C=O) groups is 2. The van der Waals surface area contributed by atoms with E-state index in [-0.39, 0.29) is 17.8 Å². The molecule has 0 aromatic carbocycles. The molecule has 0 aliphatic rings. The van der Waals surface area contributed by atoms with Crippen molar-refractivity contribution in [1.82, 2.24) is 9.88 Å². The van der Waals surface area contributed by atoms with Crippen LogP contribution in [-0.2, 0) is 9.53 Å². The summed E-state index contributed by atoms with van der Waals surface area (Å²) in [4.78, 5) is 29.6. The van der Waals surface area contributed by atoms with Gasteiger partial charge in [-0.05, 0) is 18.1 Å². The number of aromatic nitrogens is 1. The molecule has 0 radical (unpaired) electrons. The molecule has 20 heavy (non-hydrogen) atoms. The first-order chi connectivity index (χ1) is 9.45. The van der Waals surface area contributed by atoms with E-state index in [2.05, 4.69) is 4.98 Å². The Labute approximate surface area is 119 Å². The molecular weight excluding hydrogens is 256 g/mol. The third kappa shape index (κ3) is 4.64. The van der Waals surface area contributed by atoms with Crippen molar-refractivity contribution in [2.45, 2.75) is 20.8 Å². The minimum atomic E-state index is -0.343. The minimum Gasteiger partial charge on any atom is -0.469 e. The molecule has 0 N–H and O–H groups in total. The number of esters is 1. The second-order valence-corrected chi connectivity index (χ2v) is 5.26. The summed E-state index contributed by atoms with van der Waals surface area (Å²) in [7, 11) is 1.36. The van der Waals surface area contributed by atoms with E-state index in [4.69, 9.17) is 4.74 Å². The number of hydrogen-bond donors (Lipinski definition) is 0. The van der Waals surface area contributed by atoms with Gasteiger partial charge < -0.3 is 9.64 Å². The summed E-state index contributed by atoms with van der Waals surface area (Å²) in [6.45, 7) is 6.79. The van der Waals surface area contributed by atoms with E-state index < -0.39 is 0 Å². The highest BCUT2D eigenvalue weighted by Gasteiger charge is 2.23. The predicted molar refractivity (Wildman–Crippen MR) is 76.2 cm³/mol. The Kier molecular flexibility index (Phi) is 6.15. The van der Waals surface area contributed by atoms with Gasteiger partial charge in [-0.25, -0.2) is 0 Å². The van der Waals surface area contributed by atoms with Crippen molar-refractivity contribution in [2.75, 3.05) is 20.2 Å². The first-order valence-electron chi connectivity index (χ1n) is 6.72. The van der Waals surface area contributed by atoms with Gasteiger partial charge in [0.05, 0.1) is 13.0 Å². The summed E-state index contributed by atoms with van der Waals surface area (Å²) in [5.74, 6) is -0.409. The average molecular weight is 278 g/mol. The molecule has 1 amide bonds. The Balaban J connectivity index is 2.84. The van der Waals surface area contributed by atoms with Crippen molar-refractivity contribution in [3.05, 3.63) is 30.1 Å². The van der Waals surface area contributed by atoms with Crippen LogP contribution in [0.2, 0.25) is 0 Å². The van der Waals surface area contributed by atoms with E-state index >= 15 is 0 Å². The number of pyridine rings is 1. The zero-order valence-electron chi connectivity index (χ0n) is 12.5. The van der Waals surface area contributed by atoms with E-state index in [1.165, 1.54) is 7.11 Å². The van der Waals surface area contributed by atoms with Gasteiger partial charge in [-0.1, -0.05) is 20.8 Å². The Hall–Kier alpha value is -1.91.